The molecule has 352 valence electrons. The van der Waals surface area contributed by atoms with Gasteiger partial charge in [-0.25, -0.2) is 0 Å². The average Bonchev–Trinajstić information content (AvgIpc) is 3.31. The van der Waals surface area contributed by atoms with Crippen molar-refractivity contribution in [1.82, 2.24) is 19.9 Å². The summed E-state index contributed by atoms with van der Waals surface area (Å²) in [6, 6.07) is 23.6. The number of benzene rings is 2. The molecule has 0 amide bonds. The van der Waals surface area contributed by atoms with Gasteiger partial charge in [0.25, 0.3) is 0 Å². The predicted molar refractivity (Wildman–Crippen MR) is 271 cm³/mol. The summed E-state index contributed by atoms with van der Waals surface area (Å²) < 4.78 is 13.5. The number of aryl methyl sites for hydroxylation is 2. The maximum absolute atomic E-state index is 14.9. The number of carbonyl (C=O) groups is 4. The van der Waals surface area contributed by atoms with Crippen LogP contribution in [-0.4, -0.2) is 43.1 Å². The number of aromatic nitrogens is 4. The van der Waals surface area contributed by atoms with E-state index in [0.29, 0.717) is 56.0 Å². The van der Waals surface area contributed by atoms with Gasteiger partial charge < -0.3 is 9.47 Å². The third kappa shape index (κ3) is 10.5. The van der Waals surface area contributed by atoms with E-state index >= 15 is 0 Å². The van der Waals surface area contributed by atoms with Gasteiger partial charge in [-0.3, -0.25) is 39.1 Å². The molecule has 70 heavy (non-hydrogen) atoms. The molecule has 0 N–H and O–H groups in total. The number of Topliss-reactive ketones (excluding diaryl/α,β-unsaturated/α-hetero) is 2. The van der Waals surface area contributed by atoms with Crippen molar-refractivity contribution in [2.75, 3.05) is 0 Å². The van der Waals surface area contributed by atoms with Crippen LogP contribution in [0.2, 0.25) is 0 Å². The first-order chi connectivity index (χ1) is 33.3. The number of ether oxygens (including phenoxy) is 2. The standard InChI is InChI=1S/C60H56N4O6/c1-35-9-13-51(61-29-35)53-15-11-37(31-63-53)33-69-57-43-17-39-25-49(65)27-41(55(39)67)19-45-23-48(60(6,7)8)24-46(58(45)70-34-38-12-16-54(64-32-38)52-14-10-36(2)30-62-52)20-42-28-50(66)26-40(56(42)68)18-44(57)22-47(21-43)59(3,4)5/h9-16,21-32H,17-20,33-34H2,1-8H3. The molecule has 2 aromatic carbocycles. The van der Waals surface area contributed by atoms with Crippen molar-refractivity contribution in [3.8, 4) is 34.3 Å². The number of fused-ring (bicyclic) bond motifs is 8. The van der Waals surface area contributed by atoms with Gasteiger partial charge in [0.2, 0.25) is 0 Å². The minimum atomic E-state index is -0.357. The van der Waals surface area contributed by atoms with Gasteiger partial charge in [0.1, 0.15) is 24.7 Å². The molecule has 10 heteroatoms. The van der Waals surface area contributed by atoms with Gasteiger partial charge in [-0.2, -0.15) is 0 Å². The molecule has 3 aliphatic rings. The first-order valence-corrected chi connectivity index (χ1v) is 23.7. The molecule has 0 aliphatic heterocycles. The summed E-state index contributed by atoms with van der Waals surface area (Å²) in [5, 5.41) is 0. The molecule has 0 atom stereocenters. The van der Waals surface area contributed by atoms with E-state index in [1.807, 2.05) is 86.6 Å². The highest BCUT2D eigenvalue weighted by Gasteiger charge is 2.31. The second kappa shape index (κ2) is 19.0. The van der Waals surface area contributed by atoms with Crippen molar-refractivity contribution >= 4 is 23.1 Å². The molecular formula is C60H56N4O6. The van der Waals surface area contributed by atoms with E-state index in [-0.39, 0.29) is 72.9 Å². The number of rotatable bonds is 8. The van der Waals surface area contributed by atoms with E-state index in [9.17, 15) is 19.2 Å². The number of pyridine rings is 4. The van der Waals surface area contributed by atoms with Gasteiger partial charge >= 0.3 is 0 Å². The summed E-state index contributed by atoms with van der Waals surface area (Å²) in [5.74, 6) is -0.100. The van der Waals surface area contributed by atoms with Crippen LogP contribution in [0.3, 0.4) is 0 Å². The molecule has 10 nitrogen and oxygen atoms in total. The SMILES string of the molecule is Cc1ccc(-c2ccc(COc3c4cc(C(C)(C)C)cc3CC3=CC(=O)C=C(Cc5cc(C(C)(C)C)cc(c5OCc5ccc(-c6ccc(C)cn6)nc5)CC5=CC(=O)C=C(C4)C5=O)C3=O)cn2)nc1. The Bertz CT molecular complexity index is 2900. The highest BCUT2D eigenvalue weighted by Crippen LogP contribution is 2.40. The fourth-order valence-electron chi connectivity index (χ4n) is 8.93. The Labute approximate surface area is 409 Å². The van der Waals surface area contributed by atoms with Gasteiger partial charge in [0.15, 0.2) is 23.1 Å². The second-order valence-electron chi connectivity index (χ2n) is 20.7. The zero-order valence-electron chi connectivity index (χ0n) is 41.0. The topological polar surface area (TPSA) is 138 Å². The van der Waals surface area contributed by atoms with Gasteiger partial charge in [0, 0.05) is 83.9 Å². The molecule has 9 rings (SSSR count). The van der Waals surface area contributed by atoms with Crippen LogP contribution in [0.1, 0.15) is 97.2 Å². The molecule has 6 aromatic rings. The fraction of sp³-hybridized carbons (Fsp3) is 0.267. The molecule has 3 aliphatic carbocycles. The first kappa shape index (κ1) is 47.4. The smallest absolute Gasteiger partial charge is 0.185 e. The van der Waals surface area contributed by atoms with Crippen molar-refractivity contribution in [1.29, 1.82) is 0 Å². The first-order valence-electron chi connectivity index (χ1n) is 23.7. The number of allylic oxidation sites excluding steroid dienone is 8. The monoisotopic (exact) mass is 928 g/mol. The molecule has 0 spiro atoms. The largest absolute Gasteiger partial charge is 0.488 e. The lowest BCUT2D eigenvalue weighted by Crippen LogP contribution is -2.22. The summed E-state index contributed by atoms with van der Waals surface area (Å²) in [6.45, 7) is 16.8. The Morgan fingerprint density at radius 3 is 0.986 bits per heavy atom. The Balaban J connectivity index is 1.12. The summed E-state index contributed by atoms with van der Waals surface area (Å²) >= 11 is 0. The maximum Gasteiger partial charge on any atom is 0.185 e. The summed E-state index contributed by atoms with van der Waals surface area (Å²) in [5.41, 5.74) is 11.8. The summed E-state index contributed by atoms with van der Waals surface area (Å²) in [7, 11) is 0. The van der Waals surface area contributed by atoms with Crippen LogP contribution in [0.25, 0.3) is 22.8 Å². The molecule has 0 saturated heterocycles. The summed E-state index contributed by atoms with van der Waals surface area (Å²) in [6.07, 6.45) is 13.1. The third-order valence-electron chi connectivity index (χ3n) is 12.9. The van der Waals surface area contributed by atoms with E-state index in [2.05, 4.69) is 61.5 Å². The van der Waals surface area contributed by atoms with Crippen LogP contribution in [0.4, 0.5) is 0 Å². The molecular weight excluding hydrogens is 873 g/mol. The van der Waals surface area contributed by atoms with Crippen molar-refractivity contribution in [3.05, 3.63) is 200 Å². The number of carbonyl (C=O) groups excluding carboxylic acids is 4. The molecule has 8 bridgehead atoms. The molecule has 0 radical (unpaired) electrons. The Morgan fingerprint density at radius 1 is 0.429 bits per heavy atom. The average molecular weight is 929 g/mol. The number of nitrogens with zero attached hydrogens (tertiary/aromatic N) is 4. The summed E-state index contributed by atoms with van der Waals surface area (Å²) in [4.78, 5) is 75.7. The van der Waals surface area contributed by atoms with Gasteiger partial charge in [-0.1, -0.05) is 90.1 Å². The lowest BCUT2D eigenvalue weighted by atomic mass is 9.79. The van der Waals surface area contributed by atoms with Crippen LogP contribution in [-0.2, 0) is 68.9 Å². The number of hydrogen-bond donors (Lipinski definition) is 0. The van der Waals surface area contributed by atoms with Gasteiger partial charge in [-0.05, 0) is 118 Å². The van der Waals surface area contributed by atoms with Gasteiger partial charge in [-0.15, -0.1) is 0 Å². The Morgan fingerprint density at radius 2 is 0.729 bits per heavy atom. The van der Waals surface area contributed by atoms with Gasteiger partial charge in [0.05, 0.1) is 22.8 Å². The van der Waals surface area contributed by atoms with Crippen LogP contribution in [0.5, 0.6) is 11.5 Å². The molecule has 0 unspecified atom stereocenters. The second-order valence-corrected chi connectivity index (χ2v) is 20.7. The van der Waals surface area contributed by atoms with Crippen LogP contribution < -0.4 is 9.47 Å². The van der Waals surface area contributed by atoms with Crippen molar-refractivity contribution in [2.24, 2.45) is 0 Å². The number of hydrogen-bond acceptors (Lipinski definition) is 10. The highest BCUT2D eigenvalue weighted by atomic mass is 16.5. The minimum absolute atomic E-state index is 0.0826. The fourth-order valence-corrected chi connectivity index (χ4v) is 8.93. The molecule has 4 aromatic heterocycles. The van der Waals surface area contributed by atoms with Crippen LogP contribution in [0.15, 0.2) is 144 Å². The minimum Gasteiger partial charge on any atom is -0.488 e. The molecule has 0 saturated carbocycles. The van der Waals surface area contributed by atoms with Crippen molar-refractivity contribution < 1.29 is 28.7 Å². The Hall–Kier alpha value is -7.72. The van der Waals surface area contributed by atoms with E-state index in [4.69, 9.17) is 9.47 Å². The van der Waals surface area contributed by atoms with Crippen molar-refractivity contribution in [2.45, 2.75) is 105 Å². The van der Waals surface area contributed by atoms with E-state index in [0.717, 1.165) is 56.2 Å². The van der Waals surface area contributed by atoms with E-state index in [1.165, 1.54) is 24.3 Å². The van der Waals surface area contributed by atoms with Crippen molar-refractivity contribution in [3.63, 3.8) is 0 Å². The number of ketones is 4. The van der Waals surface area contributed by atoms with Crippen LogP contribution >= 0.6 is 0 Å². The van der Waals surface area contributed by atoms with Crippen LogP contribution in [0, 0.1) is 13.8 Å². The normalized spacial score (nSPS) is 15.2. The van der Waals surface area contributed by atoms with E-state index in [1.54, 1.807) is 24.8 Å². The zero-order chi connectivity index (χ0) is 49.5. The molecule has 4 heterocycles. The highest BCUT2D eigenvalue weighted by molar-refractivity contribution is 6.21. The zero-order valence-corrected chi connectivity index (χ0v) is 41.0. The Kier molecular flexibility index (Phi) is 12.8. The quantitative estimate of drug-likeness (QED) is 0.136. The maximum atomic E-state index is 14.9. The lowest BCUT2D eigenvalue weighted by Gasteiger charge is -2.27. The molecule has 0 fully saturated rings. The third-order valence-corrected chi connectivity index (χ3v) is 12.9. The van der Waals surface area contributed by atoms with E-state index < -0.39 is 0 Å². The lowest BCUT2D eigenvalue weighted by molar-refractivity contribution is -0.115. The predicted octanol–water partition coefficient (Wildman–Crippen LogP) is 10.9.